The van der Waals surface area contributed by atoms with Gasteiger partial charge in [-0.3, -0.25) is 4.79 Å². The lowest BCUT2D eigenvalue weighted by Gasteiger charge is -2.21. The number of pyridine rings is 1. The number of nitrogen functional groups attached to an aromatic ring is 1. The number of likely N-dealkylation sites (N-methyl/N-ethyl adjacent to an activating group) is 1. The number of aromatic amines is 1. The molecule has 3 aromatic heterocycles. The number of nitrogens with two attached hydrogens (primary N) is 1. The van der Waals surface area contributed by atoms with Crippen LogP contribution in [0.25, 0.3) is 32.9 Å². The number of aliphatic hydroxyl groups is 1. The summed E-state index contributed by atoms with van der Waals surface area (Å²) in [4.78, 5) is 26.2. The van der Waals surface area contributed by atoms with E-state index in [2.05, 4.69) is 9.97 Å². The molecule has 0 bridgehead atoms. The second kappa shape index (κ2) is 6.40. The van der Waals surface area contributed by atoms with Gasteiger partial charge in [-0.15, -0.1) is 11.3 Å². The van der Waals surface area contributed by atoms with Gasteiger partial charge >= 0.3 is 0 Å². The fourth-order valence-corrected chi connectivity index (χ4v) is 4.65. The fourth-order valence-electron chi connectivity index (χ4n) is 3.83. The van der Waals surface area contributed by atoms with E-state index in [9.17, 15) is 9.90 Å². The molecule has 1 aliphatic heterocycles. The summed E-state index contributed by atoms with van der Waals surface area (Å²) in [5.41, 5.74) is 8.39. The summed E-state index contributed by atoms with van der Waals surface area (Å²) in [6.45, 7) is 0.539. The molecule has 0 radical (unpaired) electrons. The van der Waals surface area contributed by atoms with Crippen molar-refractivity contribution in [2.75, 3.05) is 19.3 Å². The van der Waals surface area contributed by atoms with Crippen molar-refractivity contribution in [2.45, 2.75) is 12.0 Å². The lowest BCUT2D eigenvalue weighted by Crippen LogP contribution is -2.36. The van der Waals surface area contributed by atoms with Gasteiger partial charge in [0.05, 0.1) is 5.69 Å². The van der Waals surface area contributed by atoms with Crippen LogP contribution in [0.3, 0.4) is 0 Å². The first kappa shape index (κ1) is 17.8. The van der Waals surface area contributed by atoms with Crippen molar-refractivity contribution >= 4 is 34.1 Å². The summed E-state index contributed by atoms with van der Waals surface area (Å²) in [6.07, 6.45) is 2.21. The van der Waals surface area contributed by atoms with Crippen LogP contribution >= 0.6 is 11.3 Å². The Kier molecular flexibility index (Phi) is 3.94. The lowest BCUT2D eigenvalue weighted by atomic mass is 9.91. The standard InChI is InChI=1S/C21H19N5O2S/c1-26-8-6-21(28,20(26)27)13-4-2-3-12(9-13)19-24-16(11-29-19)15-10-17(22)25-18-14(15)5-7-23-18/h2-5,7,9-11,28H,6,8H2,1H3,(H3,22,23,25)/t21-/m1/s1. The topological polar surface area (TPSA) is 108 Å². The van der Waals surface area contributed by atoms with Crippen molar-refractivity contribution in [1.29, 1.82) is 0 Å². The predicted octanol–water partition coefficient (Wildman–Crippen LogP) is 2.99. The highest BCUT2D eigenvalue weighted by Crippen LogP contribution is 2.37. The molecule has 0 aliphatic carbocycles. The van der Waals surface area contributed by atoms with Gasteiger partial charge in [0, 0.05) is 48.1 Å². The number of thiazole rings is 1. The van der Waals surface area contributed by atoms with Crippen molar-refractivity contribution in [3.05, 3.63) is 53.5 Å². The Morgan fingerprint density at radius 3 is 2.93 bits per heavy atom. The molecule has 8 heteroatoms. The van der Waals surface area contributed by atoms with E-state index < -0.39 is 5.60 Å². The minimum atomic E-state index is -1.47. The van der Waals surface area contributed by atoms with Crippen LogP contribution in [0.2, 0.25) is 0 Å². The molecular weight excluding hydrogens is 386 g/mol. The maximum absolute atomic E-state index is 12.4. The number of H-pyrrole nitrogens is 1. The van der Waals surface area contributed by atoms with Crippen LogP contribution in [0.1, 0.15) is 12.0 Å². The number of benzene rings is 1. The molecule has 0 unspecified atom stereocenters. The molecule has 1 fully saturated rings. The second-order valence-corrected chi connectivity index (χ2v) is 8.15. The number of hydrogen-bond acceptors (Lipinski definition) is 6. The van der Waals surface area contributed by atoms with Crippen LogP contribution in [0.4, 0.5) is 5.82 Å². The van der Waals surface area contributed by atoms with Crippen LogP contribution in [-0.4, -0.2) is 44.5 Å². The molecule has 1 aliphatic rings. The SMILES string of the molecule is CN1CC[C@@](O)(c2cccc(-c3nc(-c4cc(N)nc5[nH]ccc45)cs3)c2)C1=O. The van der Waals surface area contributed by atoms with Gasteiger partial charge in [0.15, 0.2) is 5.60 Å². The van der Waals surface area contributed by atoms with Crippen molar-refractivity contribution in [3.63, 3.8) is 0 Å². The van der Waals surface area contributed by atoms with Crippen LogP contribution in [-0.2, 0) is 10.4 Å². The van der Waals surface area contributed by atoms with E-state index in [0.29, 0.717) is 24.3 Å². The third-order valence-electron chi connectivity index (χ3n) is 5.43. The van der Waals surface area contributed by atoms with Gasteiger partial charge in [0.1, 0.15) is 16.5 Å². The monoisotopic (exact) mass is 405 g/mol. The zero-order valence-electron chi connectivity index (χ0n) is 15.7. The van der Waals surface area contributed by atoms with Gasteiger partial charge in [0.2, 0.25) is 0 Å². The number of likely N-dealkylation sites (tertiary alicyclic amines) is 1. The zero-order valence-corrected chi connectivity index (χ0v) is 16.5. The number of amides is 1. The average molecular weight is 405 g/mol. The minimum absolute atomic E-state index is 0.267. The number of carbonyl (C=O) groups excluding carboxylic acids is 1. The summed E-state index contributed by atoms with van der Waals surface area (Å²) < 4.78 is 0. The molecule has 0 saturated carbocycles. The molecule has 0 spiro atoms. The Bertz CT molecular complexity index is 1250. The quantitative estimate of drug-likeness (QED) is 0.486. The molecule has 1 aromatic carbocycles. The Balaban J connectivity index is 1.55. The van der Waals surface area contributed by atoms with Gasteiger partial charge in [-0.1, -0.05) is 18.2 Å². The number of hydrogen-bond donors (Lipinski definition) is 3. The molecule has 1 amide bonds. The van der Waals surface area contributed by atoms with E-state index >= 15 is 0 Å². The molecule has 4 aromatic rings. The van der Waals surface area contributed by atoms with Gasteiger partial charge in [-0.05, 0) is 23.8 Å². The van der Waals surface area contributed by atoms with E-state index in [1.165, 1.54) is 11.3 Å². The summed E-state index contributed by atoms with van der Waals surface area (Å²) in [5, 5.41) is 14.7. The van der Waals surface area contributed by atoms with E-state index in [1.807, 2.05) is 41.9 Å². The Morgan fingerprint density at radius 1 is 1.28 bits per heavy atom. The van der Waals surface area contributed by atoms with Crippen LogP contribution in [0, 0.1) is 0 Å². The molecule has 7 nitrogen and oxygen atoms in total. The maximum atomic E-state index is 12.4. The third kappa shape index (κ3) is 2.80. The van der Waals surface area contributed by atoms with Crippen LogP contribution in [0.5, 0.6) is 0 Å². The average Bonchev–Trinajstić information content (AvgIpc) is 3.45. The Labute approximate surface area is 170 Å². The fraction of sp³-hybridized carbons (Fsp3) is 0.190. The van der Waals surface area contributed by atoms with Gasteiger partial charge in [-0.25, -0.2) is 9.97 Å². The van der Waals surface area contributed by atoms with E-state index in [0.717, 1.165) is 32.9 Å². The minimum Gasteiger partial charge on any atom is -0.384 e. The molecule has 4 N–H and O–H groups in total. The van der Waals surface area contributed by atoms with Gasteiger partial charge in [-0.2, -0.15) is 0 Å². The number of aromatic nitrogens is 3. The van der Waals surface area contributed by atoms with E-state index in [4.69, 9.17) is 10.7 Å². The van der Waals surface area contributed by atoms with Crippen molar-refractivity contribution in [2.24, 2.45) is 0 Å². The molecule has 1 atom stereocenters. The van der Waals surface area contributed by atoms with Crippen molar-refractivity contribution in [1.82, 2.24) is 19.9 Å². The predicted molar refractivity (Wildman–Crippen MR) is 113 cm³/mol. The first-order valence-corrected chi connectivity index (χ1v) is 10.1. The number of anilines is 1. The number of fused-ring (bicyclic) bond motifs is 1. The lowest BCUT2D eigenvalue weighted by molar-refractivity contribution is -0.143. The number of nitrogens with zero attached hydrogens (tertiary/aromatic N) is 3. The zero-order chi connectivity index (χ0) is 20.2. The molecule has 5 rings (SSSR count). The maximum Gasteiger partial charge on any atom is 0.258 e. The smallest absolute Gasteiger partial charge is 0.258 e. The van der Waals surface area contributed by atoms with E-state index in [-0.39, 0.29) is 5.91 Å². The third-order valence-corrected chi connectivity index (χ3v) is 6.32. The molecular formula is C21H19N5O2S. The Morgan fingerprint density at radius 2 is 2.14 bits per heavy atom. The second-order valence-electron chi connectivity index (χ2n) is 7.29. The molecule has 29 heavy (non-hydrogen) atoms. The normalized spacial score (nSPS) is 19.4. The van der Waals surface area contributed by atoms with Crippen molar-refractivity contribution in [3.8, 4) is 21.8 Å². The largest absolute Gasteiger partial charge is 0.384 e. The number of nitrogens with one attached hydrogen (secondary N) is 1. The summed E-state index contributed by atoms with van der Waals surface area (Å²) in [6, 6.07) is 11.2. The highest BCUT2D eigenvalue weighted by atomic mass is 32.1. The first-order valence-electron chi connectivity index (χ1n) is 9.24. The van der Waals surface area contributed by atoms with Crippen LogP contribution < -0.4 is 5.73 Å². The van der Waals surface area contributed by atoms with Crippen molar-refractivity contribution < 1.29 is 9.90 Å². The van der Waals surface area contributed by atoms with Crippen LogP contribution in [0.15, 0.2) is 48.0 Å². The van der Waals surface area contributed by atoms with Gasteiger partial charge in [0.25, 0.3) is 5.91 Å². The van der Waals surface area contributed by atoms with Gasteiger partial charge < -0.3 is 20.7 Å². The number of rotatable bonds is 3. The summed E-state index contributed by atoms with van der Waals surface area (Å²) in [5.74, 6) is 0.161. The highest BCUT2D eigenvalue weighted by Gasteiger charge is 2.45. The molecule has 1 saturated heterocycles. The summed E-state index contributed by atoms with van der Waals surface area (Å²) in [7, 11) is 1.71. The number of carbonyl (C=O) groups is 1. The summed E-state index contributed by atoms with van der Waals surface area (Å²) >= 11 is 1.51. The Hall–Kier alpha value is -3.23. The first-order chi connectivity index (χ1) is 14.0. The highest BCUT2D eigenvalue weighted by molar-refractivity contribution is 7.13. The molecule has 4 heterocycles. The van der Waals surface area contributed by atoms with E-state index in [1.54, 1.807) is 18.0 Å². The molecule has 146 valence electrons.